The van der Waals surface area contributed by atoms with E-state index in [1.54, 1.807) is 13.0 Å². The molecule has 4 nitrogen and oxygen atoms in total. The normalized spacial score (nSPS) is 30.0. The van der Waals surface area contributed by atoms with E-state index >= 15 is 0 Å². The fraction of sp³-hybridized carbons (Fsp3) is 0.625. The minimum atomic E-state index is -3.85. The molecule has 1 saturated heterocycles. The van der Waals surface area contributed by atoms with Crippen LogP contribution in [-0.4, -0.2) is 36.5 Å². The SMILES string of the molecule is Cc1ccc(F)c(S(=O)(=O)N2CC[C@@]3(O)CCCC[C@H]3C2)c1. The third-order valence-corrected chi connectivity index (χ3v) is 6.98. The van der Waals surface area contributed by atoms with Crippen molar-refractivity contribution >= 4 is 10.0 Å². The van der Waals surface area contributed by atoms with Crippen LogP contribution < -0.4 is 0 Å². The molecule has 1 aliphatic carbocycles. The number of piperidine rings is 1. The Labute approximate surface area is 131 Å². The number of hydrogen-bond acceptors (Lipinski definition) is 3. The number of benzene rings is 1. The maximum absolute atomic E-state index is 14.0. The summed E-state index contributed by atoms with van der Waals surface area (Å²) in [5, 5.41) is 10.6. The summed E-state index contributed by atoms with van der Waals surface area (Å²) in [4.78, 5) is -0.256. The number of sulfonamides is 1. The molecule has 1 aromatic carbocycles. The number of rotatable bonds is 2. The quantitative estimate of drug-likeness (QED) is 0.908. The zero-order chi connectivity index (χ0) is 16.0. The number of aryl methyl sites for hydroxylation is 1. The Balaban J connectivity index is 1.89. The van der Waals surface area contributed by atoms with Crippen LogP contribution in [0, 0.1) is 18.7 Å². The van der Waals surface area contributed by atoms with Gasteiger partial charge in [0.25, 0.3) is 0 Å². The predicted octanol–water partition coefficient (Wildman–Crippen LogP) is 2.45. The van der Waals surface area contributed by atoms with Crippen LogP contribution in [0.3, 0.4) is 0 Å². The Hall–Kier alpha value is -0.980. The van der Waals surface area contributed by atoms with E-state index in [4.69, 9.17) is 0 Å². The smallest absolute Gasteiger partial charge is 0.246 e. The van der Waals surface area contributed by atoms with Gasteiger partial charge >= 0.3 is 0 Å². The molecule has 0 unspecified atom stereocenters. The van der Waals surface area contributed by atoms with Crippen LogP contribution in [0.2, 0.25) is 0 Å². The van der Waals surface area contributed by atoms with E-state index in [1.807, 2.05) is 0 Å². The van der Waals surface area contributed by atoms with Crippen LogP contribution in [0.4, 0.5) is 4.39 Å². The minimum Gasteiger partial charge on any atom is -0.390 e. The summed E-state index contributed by atoms with van der Waals surface area (Å²) in [6, 6.07) is 4.14. The molecule has 1 saturated carbocycles. The van der Waals surface area contributed by atoms with Gasteiger partial charge in [-0.3, -0.25) is 0 Å². The number of halogens is 1. The van der Waals surface area contributed by atoms with Crippen LogP contribution in [0.15, 0.2) is 23.1 Å². The highest BCUT2D eigenvalue weighted by Crippen LogP contribution is 2.41. The maximum atomic E-state index is 14.0. The molecule has 0 bridgehead atoms. The average molecular weight is 327 g/mol. The van der Waals surface area contributed by atoms with Gasteiger partial charge in [-0.25, -0.2) is 12.8 Å². The summed E-state index contributed by atoms with van der Waals surface area (Å²) in [5.74, 6) is -0.757. The zero-order valence-electron chi connectivity index (χ0n) is 12.8. The first-order valence-corrected chi connectivity index (χ1v) is 9.26. The molecule has 1 heterocycles. The van der Waals surface area contributed by atoms with Crippen molar-refractivity contribution in [2.75, 3.05) is 13.1 Å². The van der Waals surface area contributed by atoms with E-state index in [0.29, 0.717) is 12.0 Å². The number of fused-ring (bicyclic) bond motifs is 1. The fourth-order valence-electron chi connectivity index (χ4n) is 3.71. The van der Waals surface area contributed by atoms with E-state index in [0.717, 1.165) is 25.7 Å². The molecule has 22 heavy (non-hydrogen) atoms. The van der Waals surface area contributed by atoms with Gasteiger partial charge in [0.1, 0.15) is 10.7 Å². The van der Waals surface area contributed by atoms with Crippen molar-refractivity contribution in [3.8, 4) is 0 Å². The van der Waals surface area contributed by atoms with E-state index in [9.17, 15) is 17.9 Å². The monoisotopic (exact) mass is 327 g/mol. The fourth-order valence-corrected chi connectivity index (χ4v) is 5.34. The summed E-state index contributed by atoms with van der Waals surface area (Å²) in [6.45, 7) is 2.28. The summed E-state index contributed by atoms with van der Waals surface area (Å²) >= 11 is 0. The maximum Gasteiger partial charge on any atom is 0.246 e. The average Bonchev–Trinajstić information content (AvgIpc) is 2.48. The highest BCUT2D eigenvalue weighted by Gasteiger charge is 2.45. The van der Waals surface area contributed by atoms with Crippen molar-refractivity contribution in [3.63, 3.8) is 0 Å². The Morgan fingerprint density at radius 3 is 2.86 bits per heavy atom. The molecule has 3 rings (SSSR count). The number of hydrogen-bond donors (Lipinski definition) is 1. The van der Waals surface area contributed by atoms with Crippen LogP contribution in [0.25, 0.3) is 0 Å². The lowest BCUT2D eigenvalue weighted by Gasteiger charge is -2.46. The van der Waals surface area contributed by atoms with Gasteiger partial charge in [-0.2, -0.15) is 4.31 Å². The van der Waals surface area contributed by atoms with Gasteiger partial charge in [-0.05, 0) is 43.9 Å². The second kappa shape index (κ2) is 5.58. The van der Waals surface area contributed by atoms with Crippen molar-refractivity contribution in [1.82, 2.24) is 4.31 Å². The molecule has 1 N–H and O–H groups in total. The summed E-state index contributed by atoms with van der Waals surface area (Å²) in [5.41, 5.74) is -0.0266. The van der Waals surface area contributed by atoms with Gasteiger partial charge in [-0.1, -0.05) is 18.9 Å². The first-order chi connectivity index (χ1) is 10.3. The lowest BCUT2D eigenvalue weighted by Crippen LogP contribution is -2.54. The molecule has 2 atom stereocenters. The first-order valence-electron chi connectivity index (χ1n) is 7.82. The van der Waals surface area contributed by atoms with Gasteiger partial charge in [0.15, 0.2) is 0 Å². The highest BCUT2D eigenvalue weighted by molar-refractivity contribution is 7.89. The second-order valence-electron chi connectivity index (χ2n) is 6.59. The van der Waals surface area contributed by atoms with Gasteiger partial charge < -0.3 is 5.11 Å². The Bertz CT molecular complexity index is 676. The molecule has 0 amide bonds. The molecule has 1 aliphatic heterocycles. The van der Waals surface area contributed by atoms with Crippen molar-refractivity contribution in [1.29, 1.82) is 0 Å². The third-order valence-electron chi connectivity index (χ3n) is 5.09. The molecule has 2 fully saturated rings. The van der Waals surface area contributed by atoms with Gasteiger partial charge in [0.05, 0.1) is 5.60 Å². The molecule has 2 aliphatic rings. The third kappa shape index (κ3) is 2.68. The molecule has 122 valence electrons. The van der Waals surface area contributed by atoms with Crippen LogP contribution in [-0.2, 0) is 10.0 Å². The Morgan fingerprint density at radius 1 is 1.32 bits per heavy atom. The molecular weight excluding hydrogens is 305 g/mol. The molecule has 0 spiro atoms. The lowest BCUT2D eigenvalue weighted by molar-refractivity contribution is -0.0816. The van der Waals surface area contributed by atoms with Gasteiger partial charge in [0.2, 0.25) is 10.0 Å². The van der Waals surface area contributed by atoms with Crippen LogP contribution in [0.5, 0.6) is 0 Å². The van der Waals surface area contributed by atoms with Crippen LogP contribution >= 0.6 is 0 Å². The van der Waals surface area contributed by atoms with E-state index in [-0.39, 0.29) is 23.9 Å². The predicted molar refractivity (Wildman–Crippen MR) is 81.4 cm³/mol. The summed E-state index contributed by atoms with van der Waals surface area (Å²) in [7, 11) is -3.85. The van der Waals surface area contributed by atoms with E-state index in [1.165, 1.54) is 16.4 Å². The minimum absolute atomic E-state index is 0.0438. The molecule has 0 radical (unpaired) electrons. The molecule has 0 aromatic heterocycles. The largest absolute Gasteiger partial charge is 0.390 e. The number of aliphatic hydroxyl groups is 1. The van der Waals surface area contributed by atoms with E-state index < -0.39 is 21.4 Å². The summed E-state index contributed by atoms with van der Waals surface area (Å²) in [6.07, 6.45) is 4.01. The van der Waals surface area contributed by atoms with Gasteiger partial charge in [0, 0.05) is 19.0 Å². The standard InChI is InChI=1S/C16H22FNO3S/c1-12-5-6-14(17)15(10-12)22(20,21)18-9-8-16(19)7-3-2-4-13(16)11-18/h5-6,10,13,19H,2-4,7-9,11H2,1H3/t13-,16-/m0/s1. The number of nitrogens with zero attached hydrogens (tertiary/aromatic N) is 1. The molecular formula is C16H22FNO3S. The lowest BCUT2D eigenvalue weighted by atomic mass is 9.72. The van der Waals surface area contributed by atoms with Crippen LogP contribution in [0.1, 0.15) is 37.7 Å². The highest BCUT2D eigenvalue weighted by atomic mass is 32.2. The topological polar surface area (TPSA) is 57.6 Å². The van der Waals surface area contributed by atoms with Crippen molar-refractivity contribution < 1.29 is 17.9 Å². The van der Waals surface area contributed by atoms with Crippen molar-refractivity contribution in [3.05, 3.63) is 29.6 Å². The molecule has 1 aromatic rings. The van der Waals surface area contributed by atoms with Crippen molar-refractivity contribution in [2.45, 2.75) is 49.5 Å². The van der Waals surface area contributed by atoms with Gasteiger partial charge in [-0.15, -0.1) is 0 Å². The summed E-state index contributed by atoms with van der Waals surface area (Å²) < 4.78 is 40.8. The second-order valence-corrected chi connectivity index (χ2v) is 8.50. The van der Waals surface area contributed by atoms with E-state index in [2.05, 4.69) is 0 Å². The zero-order valence-corrected chi connectivity index (χ0v) is 13.6. The Kier molecular flexibility index (Phi) is 4.03. The molecule has 6 heteroatoms. The van der Waals surface area contributed by atoms with Crippen molar-refractivity contribution in [2.24, 2.45) is 5.92 Å². The Morgan fingerprint density at radius 2 is 2.09 bits per heavy atom. The first kappa shape index (κ1) is 15.9.